The molecule has 1 aliphatic heterocycles. The number of piperidine rings is 1. The van der Waals surface area contributed by atoms with Crippen molar-refractivity contribution in [2.24, 2.45) is 0 Å². The lowest BCUT2D eigenvalue weighted by atomic mass is 10.0. The average molecular weight is 431 g/mol. The molecule has 26 heavy (non-hydrogen) atoms. The number of carbonyl (C=O) groups excluding carboxylic acids is 2. The molecule has 0 saturated carbocycles. The Labute approximate surface area is 162 Å². The number of ether oxygens (including phenoxy) is 2. The number of methoxy groups -OCH3 is 1. The first-order valence-electron chi connectivity index (χ1n) is 8.70. The van der Waals surface area contributed by atoms with E-state index in [-0.39, 0.29) is 30.0 Å². The Bertz CT molecular complexity index is 656. The average Bonchev–Trinajstić information content (AvgIpc) is 2.94. The summed E-state index contributed by atoms with van der Waals surface area (Å²) in [7, 11) is 1.57. The molecule has 146 valence electrons. The van der Waals surface area contributed by atoms with Gasteiger partial charge in [0.15, 0.2) is 5.82 Å². The highest BCUT2D eigenvalue weighted by Crippen LogP contribution is 2.19. The van der Waals surface area contributed by atoms with Crippen LogP contribution in [-0.2, 0) is 15.9 Å². The molecule has 2 rings (SSSR count). The first kappa shape index (κ1) is 20.7. The number of aryl methyl sites for hydroxylation is 1. The van der Waals surface area contributed by atoms with Crippen molar-refractivity contribution in [3.63, 3.8) is 0 Å². The lowest BCUT2D eigenvalue weighted by Gasteiger charge is -2.38. The topological polar surface area (TPSA) is 96.6 Å². The fraction of sp³-hybridized carbons (Fsp3) is 0.706. The molecule has 1 aromatic rings. The molecule has 0 aromatic carbocycles. The second-order valence-electron chi connectivity index (χ2n) is 7.28. The van der Waals surface area contributed by atoms with Gasteiger partial charge in [0.05, 0.1) is 18.7 Å². The quantitative estimate of drug-likeness (QED) is 0.764. The summed E-state index contributed by atoms with van der Waals surface area (Å²) in [6, 6.07) is -0.208. The van der Waals surface area contributed by atoms with E-state index >= 15 is 0 Å². The Morgan fingerprint density at radius 2 is 2.12 bits per heavy atom. The van der Waals surface area contributed by atoms with Gasteiger partial charge in [-0.3, -0.25) is 4.79 Å². The van der Waals surface area contributed by atoms with E-state index in [2.05, 4.69) is 31.2 Å². The Balaban J connectivity index is 1.98. The maximum atomic E-state index is 12.5. The standard InChI is InChI=1S/C17H27BrN4O4/c1-6-10-13(18)21-14(19-10)15(23)20-11-7-8-22(9-12(11)25-5)16(24)26-17(2,3)4/h11-12H,6-9H2,1-5H3,(H,19,21)(H,20,23)/t11-,12+/m0/s1. The molecule has 8 nitrogen and oxygen atoms in total. The Hall–Kier alpha value is -1.61. The van der Waals surface area contributed by atoms with Gasteiger partial charge in [-0.05, 0) is 49.5 Å². The molecule has 0 aliphatic carbocycles. The largest absolute Gasteiger partial charge is 0.444 e. The van der Waals surface area contributed by atoms with Crippen LogP contribution in [0.25, 0.3) is 0 Å². The Morgan fingerprint density at radius 3 is 2.65 bits per heavy atom. The van der Waals surface area contributed by atoms with E-state index in [1.54, 1.807) is 12.0 Å². The van der Waals surface area contributed by atoms with Crippen LogP contribution >= 0.6 is 15.9 Å². The highest BCUT2D eigenvalue weighted by Gasteiger charge is 2.35. The summed E-state index contributed by atoms with van der Waals surface area (Å²) in [4.78, 5) is 33.5. The molecule has 2 heterocycles. The fourth-order valence-electron chi connectivity index (χ4n) is 2.78. The van der Waals surface area contributed by atoms with Crippen molar-refractivity contribution >= 4 is 27.9 Å². The van der Waals surface area contributed by atoms with Crippen molar-refractivity contribution in [2.75, 3.05) is 20.2 Å². The van der Waals surface area contributed by atoms with Crippen LogP contribution in [0.4, 0.5) is 4.79 Å². The van der Waals surface area contributed by atoms with Crippen LogP contribution in [0.15, 0.2) is 4.60 Å². The minimum Gasteiger partial charge on any atom is -0.444 e. The predicted octanol–water partition coefficient (Wildman–Crippen LogP) is 2.49. The monoisotopic (exact) mass is 430 g/mol. The van der Waals surface area contributed by atoms with Gasteiger partial charge in [-0.1, -0.05) is 6.92 Å². The van der Waals surface area contributed by atoms with Gasteiger partial charge in [0.1, 0.15) is 10.2 Å². The second-order valence-corrected chi connectivity index (χ2v) is 8.03. The van der Waals surface area contributed by atoms with Crippen LogP contribution in [0.1, 0.15) is 50.4 Å². The van der Waals surface area contributed by atoms with E-state index in [1.165, 1.54) is 0 Å². The number of imidazole rings is 1. The molecule has 0 radical (unpaired) electrons. The summed E-state index contributed by atoms with van der Waals surface area (Å²) in [6.07, 6.45) is 0.637. The van der Waals surface area contributed by atoms with Crippen molar-refractivity contribution < 1.29 is 19.1 Å². The van der Waals surface area contributed by atoms with Gasteiger partial charge in [-0.15, -0.1) is 0 Å². The molecule has 0 spiro atoms. The predicted molar refractivity (Wildman–Crippen MR) is 100 cm³/mol. The number of hydrogen-bond acceptors (Lipinski definition) is 5. The molecule has 2 amide bonds. The molecule has 0 bridgehead atoms. The molecule has 2 N–H and O–H groups in total. The van der Waals surface area contributed by atoms with Gasteiger partial charge in [0, 0.05) is 19.3 Å². The lowest BCUT2D eigenvalue weighted by molar-refractivity contribution is -0.0172. The van der Waals surface area contributed by atoms with Gasteiger partial charge < -0.3 is 24.7 Å². The molecule has 0 unspecified atom stereocenters. The fourth-order valence-corrected chi connectivity index (χ4v) is 3.34. The summed E-state index contributed by atoms with van der Waals surface area (Å²) >= 11 is 3.34. The highest BCUT2D eigenvalue weighted by molar-refractivity contribution is 9.10. The van der Waals surface area contributed by atoms with E-state index in [4.69, 9.17) is 9.47 Å². The van der Waals surface area contributed by atoms with E-state index in [0.29, 0.717) is 24.1 Å². The number of carbonyl (C=O) groups is 2. The summed E-state index contributed by atoms with van der Waals surface area (Å²) in [6.45, 7) is 8.32. The maximum Gasteiger partial charge on any atom is 0.410 e. The summed E-state index contributed by atoms with van der Waals surface area (Å²) in [5, 5.41) is 2.95. The molecule has 1 saturated heterocycles. The Morgan fingerprint density at radius 1 is 1.42 bits per heavy atom. The number of hydrogen-bond donors (Lipinski definition) is 2. The second kappa shape index (κ2) is 8.39. The van der Waals surface area contributed by atoms with Gasteiger partial charge in [-0.2, -0.15) is 0 Å². The van der Waals surface area contributed by atoms with Crippen molar-refractivity contribution in [3.8, 4) is 0 Å². The maximum absolute atomic E-state index is 12.5. The molecule has 9 heteroatoms. The van der Waals surface area contributed by atoms with Crippen LogP contribution in [-0.4, -0.2) is 64.8 Å². The minimum atomic E-state index is -0.547. The van der Waals surface area contributed by atoms with Gasteiger partial charge in [-0.25, -0.2) is 9.78 Å². The van der Waals surface area contributed by atoms with Gasteiger partial charge >= 0.3 is 6.09 Å². The summed E-state index contributed by atoms with van der Waals surface area (Å²) in [5.74, 6) is -0.0266. The van der Waals surface area contributed by atoms with Crippen LogP contribution in [0.5, 0.6) is 0 Å². The number of rotatable bonds is 4. The Kier molecular flexibility index (Phi) is 6.68. The number of nitrogens with one attached hydrogen (secondary N) is 2. The van der Waals surface area contributed by atoms with Crippen LogP contribution in [0.2, 0.25) is 0 Å². The van der Waals surface area contributed by atoms with Crippen LogP contribution in [0.3, 0.4) is 0 Å². The molecular formula is C17H27BrN4O4. The van der Waals surface area contributed by atoms with Crippen molar-refractivity contribution in [1.82, 2.24) is 20.2 Å². The number of likely N-dealkylation sites (tertiary alicyclic amines) is 1. The third-order valence-electron chi connectivity index (χ3n) is 4.13. The van der Waals surface area contributed by atoms with Gasteiger partial charge in [0.25, 0.3) is 5.91 Å². The van der Waals surface area contributed by atoms with Crippen LogP contribution < -0.4 is 5.32 Å². The molecule has 2 atom stereocenters. The number of aromatic amines is 1. The van der Waals surface area contributed by atoms with Gasteiger partial charge in [0.2, 0.25) is 0 Å². The smallest absolute Gasteiger partial charge is 0.410 e. The zero-order valence-electron chi connectivity index (χ0n) is 15.9. The van der Waals surface area contributed by atoms with Crippen molar-refractivity contribution in [2.45, 2.75) is 58.3 Å². The van der Waals surface area contributed by atoms with Crippen LogP contribution in [0, 0.1) is 0 Å². The van der Waals surface area contributed by atoms with Crippen molar-refractivity contribution in [3.05, 3.63) is 16.1 Å². The molecule has 1 aliphatic rings. The van der Waals surface area contributed by atoms with Crippen molar-refractivity contribution in [1.29, 1.82) is 0 Å². The normalized spacial score (nSPS) is 20.8. The van der Waals surface area contributed by atoms with E-state index in [1.807, 2.05) is 27.7 Å². The summed E-state index contributed by atoms with van der Waals surface area (Å²) < 4.78 is 11.6. The molecule has 1 fully saturated rings. The SMILES string of the molecule is CCc1[nH]c(C(=O)N[C@H]2CCN(C(=O)OC(C)(C)C)C[C@H]2OC)nc1Br. The lowest BCUT2D eigenvalue weighted by Crippen LogP contribution is -2.56. The molecular weight excluding hydrogens is 404 g/mol. The van der Waals surface area contributed by atoms with E-state index in [9.17, 15) is 9.59 Å². The number of amides is 2. The van der Waals surface area contributed by atoms with E-state index < -0.39 is 5.60 Å². The minimum absolute atomic E-state index is 0.208. The number of halogens is 1. The molecule has 1 aromatic heterocycles. The number of H-pyrrole nitrogens is 1. The first-order chi connectivity index (χ1) is 12.1. The van der Waals surface area contributed by atoms with E-state index in [0.717, 1.165) is 12.1 Å². The number of nitrogens with zero attached hydrogens (tertiary/aromatic N) is 2. The first-order valence-corrected chi connectivity index (χ1v) is 9.49. The third kappa shape index (κ3) is 5.20. The summed E-state index contributed by atoms with van der Waals surface area (Å²) in [5.41, 5.74) is 0.326. The highest BCUT2D eigenvalue weighted by atomic mass is 79.9. The number of aromatic nitrogens is 2. The third-order valence-corrected chi connectivity index (χ3v) is 4.78. The zero-order chi connectivity index (χ0) is 19.5. The zero-order valence-corrected chi connectivity index (χ0v) is 17.5.